The number of hydrogen-bond acceptors (Lipinski definition) is 21. The molecule has 21 aliphatic heterocycles. The van der Waals surface area contributed by atoms with Crippen molar-refractivity contribution in [3.8, 4) is 0 Å². The molecule has 0 aromatic carbocycles. The Labute approximate surface area is 652 Å². The third-order valence-corrected chi connectivity index (χ3v) is 32.4. The van der Waals surface area contributed by atoms with Crippen molar-refractivity contribution in [2.45, 2.75) is 338 Å². The normalized spacial score (nSPS) is 35.4. The summed E-state index contributed by atoms with van der Waals surface area (Å²) in [6.45, 7) is 35.9. The predicted octanol–water partition coefficient (Wildman–Crippen LogP) is 5.94. The lowest BCUT2D eigenvalue weighted by molar-refractivity contribution is 0.0603. The SMILES string of the molecule is C1CC2(C1)CCN2.C1CC2(C1)CNC2.C1CC2(CCN2)N1.C1CC2(CCNC2)CN1.C1CC2(CNC2)N1.C1CCC2(C1)CCN2.C1CCC2(C1)CNC2.C1CCC2(CC1)CCCCN2.C1CNC2(C1)CCCN2.C1CNC2(C1)CCN2.C1CNC2(C1)CCNC2.C1CNC2(C1)CCNC2.C1CNC2(C1)CNC2. The number of rotatable bonds is 0. The van der Waals surface area contributed by atoms with E-state index in [0.29, 0.717) is 61.2 Å². The van der Waals surface area contributed by atoms with Gasteiger partial charge in [0.25, 0.3) is 0 Å². The molecule has 3 atom stereocenters. The van der Waals surface area contributed by atoms with E-state index in [1.54, 1.807) is 0 Å². The van der Waals surface area contributed by atoms with Gasteiger partial charge in [-0.1, -0.05) is 57.8 Å². The van der Waals surface area contributed by atoms with Gasteiger partial charge in [-0.3, -0.25) is 31.9 Å². The summed E-state index contributed by atoms with van der Waals surface area (Å²) in [4.78, 5) is 0. The molecule has 0 bridgehead atoms. The van der Waals surface area contributed by atoms with Crippen molar-refractivity contribution >= 4 is 0 Å². The lowest BCUT2D eigenvalue weighted by atomic mass is 9.65. The van der Waals surface area contributed by atoms with Gasteiger partial charge in [0.05, 0.1) is 17.0 Å². The van der Waals surface area contributed by atoms with Crippen LogP contribution in [0, 0.1) is 16.2 Å². The predicted molar refractivity (Wildman–Crippen MR) is 445 cm³/mol. The first kappa shape index (κ1) is 82.7. The summed E-state index contributed by atoms with van der Waals surface area (Å²) in [6.07, 6.45) is 62.4. The van der Waals surface area contributed by atoms with Crippen molar-refractivity contribution in [2.24, 2.45) is 16.2 Å². The average molecular weight is 1500 g/mol. The van der Waals surface area contributed by atoms with Crippen molar-refractivity contribution in [1.29, 1.82) is 0 Å². The summed E-state index contributed by atoms with van der Waals surface area (Å²) < 4.78 is 0. The molecule has 26 rings (SSSR count). The Morgan fingerprint density at radius 2 is 0.346 bits per heavy atom. The van der Waals surface area contributed by atoms with Crippen molar-refractivity contribution < 1.29 is 0 Å². The fourth-order valence-electron chi connectivity index (χ4n) is 23.1. The minimum Gasteiger partial charge on any atom is -0.316 e. The zero-order valence-corrected chi connectivity index (χ0v) is 68.6. The standard InChI is InChI=1S/C10H19N.4C7H14N2.2C7H13N.2C6H12N2.2C6H11N.2C5H10N2/c1-2-6-10(7-3-1)8-4-5-9-11-10;1-3-8-5-7(1)2-4-9-6-7;1-3-7(8-5-1)4-2-6-9-7;2*1-2-7(9-4-1)3-5-8-6-7;1-2-4-7(3-1)5-8-6-7;1-2-4-7(3-1)5-6-8-7;1-2-6(7-4-1)3-5-8-6;1-2-6(8-3-1)4-7-5-6;1-2-6(3-1)4-7-5-6;1-2-6(3-1)4-5-7-6;1-3-6-5(1)2-4-7-5;1-2-7-5(1)3-6-4-5/h11H,1-9H2;4*8-9H,1-6H2;2*8H,1-6H2;2*7-8H,1-5H2;2*7H,1-5H2;2*6-7H,1-4H2. The van der Waals surface area contributed by atoms with Crippen LogP contribution in [0.25, 0.3) is 0 Å². The first-order chi connectivity index (χ1) is 52.4. The molecule has 13 spiro atoms. The van der Waals surface area contributed by atoms with Gasteiger partial charge in [0.1, 0.15) is 0 Å². The van der Waals surface area contributed by atoms with Gasteiger partial charge in [-0.05, 0) is 352 Å². The lowest BCUT2D eigenvalue weighted by Crippen LogP contribution is -2.74. The maximum atomic E-state index is 3.73. The van der Waals surface area contributed by atoms with E-state index in [1.165, 1.54) is 472 Å². The molecule has 0 amide bonds. The van der Waals surface area contributed by atoms with Gasteiger partial charge in [-0.2, -0.15) is 0 Å². The first-order valence-corrected chi connectivity index (χ1v) is 46.8. The van der Waals surface area contributed by atoms with E-state index < -0.39 is 0 Å². The Balaban J connectivity index is 0.0000000973. The second-order valence-electron chi connectivity index (χ2n) is 40.1. The molecule has 21 heteroatoms. The van der Waals surface area contributed by atoms with E-state index in [1.807, 2.05) is 0 Å². The Morgan fingerprint density at radius 1 is 0.112 bits per heavy atom. The van der Waals surface area contributed by atoms with Crippen LogP contribution >= 0.6 is 0 Å². The number of nitrogens with one attached hydrogen (secondary N) is 21. The molecule has 21 N–H and O–H groups in total. The molecule has 26 aliphatic rings. The second kappa shape index (κ2) is 38.9. The van der Waals surface area contributed by atoms with Crippen LogP contribution < -0.4 is 112 Å². The lowest BCUT2D eigenvalue weighted by Gasteiger charge is -2.51. The molecule has 616 valence electrons. The molecule has 5 saturated carbocycles. The van der Waals surface area contributed by atoms with Gasteiger partial charge >= 0.3 is 0 Å². The van der Waals surface area contributed by atoms with E-state index in [9.17, 15) is 0 Å². The van der Waals surface area contributed by atoms with Crippen molar-refractivity contribution in [3.63, 3.8) is 0 Å². The fraction of sp³-hybridized carbons (Fsp3) is 1.00. The van der Waals surface area contributed by atoms with Crippen molar-refractivity contribution in [3.05, 3.63) is 0 Å². The molecular formula is C86H167N21. The molecule has 0 aromatic rings. The van der Waals surface area contributed by atoms with Crippen LogP contribution in [-0.2, 0) is 0 Å². The summed E-state index contributed by atoms with van der Waals surface area (Å²) in [6, 6.07) is 0. The highest BCUT2D eigenvalue weighted by molar-refractivity contribution is 5.09. The van der Waals surface area contributed by atoms with E-state index in [-0.39, 0.29) is 0 Å². The van der Waals surface area contributed by atoms with Gasteiger partial charge < -0.3 is 79.8 Å². The zero-order chi connectivity index (χ0) is 73.0. The van der Waals surface area contributed by atoms with Crippen LogP contribution in [-0.4, -0.2) is 246 Å². The van der Waals surface area contributed by atoms with Crippen LogP contribution in [0.3, 0.4) is 0 Å². The zero-order valence-electron chi connectivity index (χ0n) is 68.6. The van der Waals surface area contributed by atoms with Crippen molar-refractivity contribution in [1.82, 2.24) is 112 Å². The highest BCUT2D eigenvalue weighted by atomic mass is 15.3. The molecule has 21 heterocycles. The Morgan fingerprint density at radius 3 is 0.551 bits per heavy atom. The second-order valence-corrected chi connectivity index (χ2v) is 40.1. The summed E-state index contributed by atoms with van der Waals surface area (Å²) in [5, 5.41) is 72.1. The summed E-state index contributed by atoms with van der Waals surface area (Å²) in [5.74, 6) is 0. The Kier molecular flexibility index (Phi) is 30.1. The molecule has 26 fully saturated rings. The minimum atomic E-state index is 0.389. The third-order valence-electron chi connectivity index (χ3n) is 32.4. The van der Waals surface area contributed by atoms with E-state index >= 15 is 0 Å². The quantitative estimate of drug-likeness (QED) is 0.134. The number of piperidine rings is 1. The summed E-state index contributed by atoms with van der Waals surface area (Å²) >= 11 is 0. The highest BCUT2D eigenvalue weighted by Crippen LogP contribution is 2.44. The maximum absolute atomic E-state index is 3.73. The fourth-order valence-corrected chi connectivity index (χ4v) is 23.1. The molecule has 0 radical (unpaired) electrons. The van der Waals surface area contributed by atoms with Gasteiger partial charge in [0.15, 0.2) is 0 Å². The smallest absolute Gasteiger partial charge is 0.0711 e. The highest BCUT2D eigenvalue weighted by Gasteiger charge is 2.47. The molecule has 3 unspecified atom stereocenters. The van der Waals surface area contributed by atoms with Gasteiger partial charge in [0, 0.05) is 117 Å². The largest absolute Gasteiger partial charge is 0.316 e. The molecule has 107 heavy (non-hydrogen) atoms. The third kappa shape index (κ3) is 22.5. The molecule has 21 nitrogen and oxygen atoms in total. The molecule has 5 aliphatic carbocycles. The molecule has 0 aromatic heterocycles. The van der Waals surface area contributed by atoms with Gasteiger partial charge in [-0.15, -0.1) is 0 Å². The van der Waals surface area contributed by atoms with E-state index in [2.05, 4.69) is 112 Å². The van der Waals surface area contributed by atoms with Gasteiger partial charge in [-0.25, -0.2) is 0 Å². The summed E-state index contributed by atoms with van der Waals surface area (Å²) in [5.41, 5.74) is 7.72. The van der Waals surface area contributed by atoms with Gasteiger partial charge in [0.2, 0.25) is 0 Å². The maximum Gasteiger partial charge on any atom is 0.0711 e. The Bertz CT molecular complexity index is 2000. The van der Waals surface area contributed by atoms with Crippen molar-refractivity contribution in [2.75, 3.05) is 190 Å². The summed E-state index contributed by atoms with van der Waals surface area (Å²) in [7, 11) is 0. The van der Waals surface area contributed by atoms with Crippen LogP contribution in [0.1, 0.15) is 283 Å². The Hall–Kier alpha value is -0.840. The minimum absolute atomic E-state index is 0.389. The first-order valence-electron chi connectivity index (χ1n) is 46.8. The van der Waals surface area contributed by atoms with Crippen LogP contribution in [0.2, 0.25) is 0 Å². The average Bonchev–Trinajstić information content (AvgIpc) is 1.72. The number of hydrogen-bond donors (Lipinski definition) is 21. The monoisotopic (exact) mass is 1490 g/mol. The van der Waals surface area contributed by atoms with Crippen LogP contribution in [0.5, 0.6) is 0 Å². The molecule has 21 saturated heterocycles. The van der Waals surface area contributed by atoms with Crippen LogP contribution in [0.15, 0.2) is 0 Å². The topological polar surface area (TPSA) is 253 Å². The van der Waals surface area contributed by atoms with Crippen LogP contribution in [0.4, 0.5) is 0 Å². The van der Waals surface area contributed by atoms with E-state index in [4.69, 9.17) is 0 Å². The molecular weight excluding hydrogens is 1330 g/mol. The van der Waals surface area contributed by atoms with E-state index in [0.717, 1.165) is 10.8 Å².